The zero-order chi connectivity index (χ0) is 20.3. The lowest BCUT2D eigenvalue weighted by atomic mass is 10.3. The number of amides is 4. The molecule has 3 rings (SSSR count). The third kappa shape index (κ3) is 4.40. The minimum Gasteiger partial charge on any atom is -0.425 e. The van der Waals surface area contributed by atoms with Gasteiger partial charge in [0.05, 0.1) is 0 Å². The Morgan fingerprint density at radius 2 is 0.929 bits per heavy atom. The minimum atomic E-state index is -0.778. The van der Waals surface area contributed by atoms with Gasteiger partial charge in [0.2, 0.25) is 23.6 Å². The van der Waals surface area contributed by atoms with E-state index in [1.165, 1.54) is 24.3 Å². The molecular formula is C18H16N2O8. The predicted octanol–water partition coefficient (Wildman–Crippen LogP) is -0.205. The highest BCUT2D eigenvalue weighted by Crippen LogP contribution is 2.19. The van der Waals surface area contributed by atoms with Crippen LogP contribution in [0, 0.1) is 0 Å². The number of nitrogens with zero attached hydrogens (tertiary/aromatic N) is 2. The van der Waals surface area contributed by atoms with Gasteiger partial charge in [-0.15, -0.1) is 0 Å². The molecule has 2 fully saturated rings. The van der Waals surface area contributed by atoms with Crippen molar-refractivity contribution in [2.24, 2.45) is 0 Å². The first-order valence-electron chi connectivity index (χ1n) is 8.51. The zero-order valence-electron chi connectivity index (χ0n) is 14.7. The van der Waals surface area contributed by atoms with Crippen LogP contribution in [0.15, 0.2) is 24.3 Å². The molecule has 0 saturated carbocycles. The number of benzene rings is 1. The summed E-state index contributed by atoms with van der Waals surface area (Å²) in [4.78, 5) is 71.4. The van der Waals surface area contributed by atoms with Crippen LogP contribution in [-0.4, -0.2) is 58.5 Å². The second-order valence-electron chi connectivity index (χ2n) is 6.17. The molecule has 28 heavy (non-hydrogen) atoms. The van der Waals surface area contributed by atoms with Crippen LogP contribution in [0.1, 0.15) is 25.7 Å². The first-order valence-corrected chi connectivity index (χ1v) is 8.51. The second-order valence-corrected chi connectivity index (χ2v) is 6.17. The number of carbonyl (C=O) groups is 6. The molecule has 1 aromatic rings. The fourth-order valence-corrected chi connectivity index (χ4v) is 2.76. The van der Waals surface area contributed by atoms with Gasteiger partial charge in [-0.25, -0.2) is 9.59 Å². The van der Waals surface area contributed by atoms with Gasteiger partial charge in [0, 0.05) is 25.7 Å². The van der Waals surface area contributed by atoms with Crippen LogP contribution in [-0.2, 0) is 28.8 Å². The Labute approximate surface area is 159 Å². The number of esters is 2. The van der Waals surface area contributed by atoms with Gasteiger partial charge in [-0.2, -0.15) is 0 Å². The monoisotopic (exact) mass is 388 g/mol. The van der Waals surface area contributed by atoms with Gasteiger partial charge in [0.1, 0.15) is 24.6 Å². The van der Waals surface area contributed by atoms with Crippen molar-refractivity contribution >= 4 is 35.6 Å². The Balaban J connectivity index is 1.50. The van der Waals surface area contributed by atoms with E-state index in [2.05, 4.69) is 0 Å². The average molecular weight is 388 g/mol. The molecule has 0 aromatic heterocycles. The van der Waals surface area contributed by atoms with E-state index in [1.807, 2.05) is 0 Å². The highest BCUT2D eigenvalue weighted by atomic mass is 16.5. The Bertz CT molecular complexity index is 758. The first kappa shape index (κ1) is 19.2. The maximum absolute atomic E-state index is 11.9. The highest BCUT2D eigenvalue weighted by molar-refractivity contribution is 6.04. The van der Waals surface area contributed by atoms with E-state index in [1.54, 1.807) is 0 Å². The molecule has 0 spiro atoms. The number of hydrogen-bond donors (Lipinski definition) is 0. The van der Waals surface area contributed by atoms with Gasteiger partial charge in [-0.1, -0.05) is 0 Å². The maximum Gasteiger partial charge on any atom is 0.331 e. The van der Waals surface area contributed by atoms with Crippen molar-refractivity contribution in [2.45, 2.75) is 25.7 Å². The summed E-state index contributed by atoms with van der Waals surface area (Å²) in [5.41, 5.74) is 0. The SMILES string of the molecule is O=C(CN1C(=O)CCC1=O)Oc1ccc(OC(=O)CN2C(=O)CCC2=O)cc1. The maximum atomic E-state index is 11.9. The lowest BCUT2D eigenvalue weighted by molar-refractivity contribution is -0.147. The summed E-state index contributed by atoms with van der Waals surface area (Å²) >= 11 is 0. The van der Waals surface area contributed by atoms with Crippen molar-refractivity contribution in [3.8, 4) is 11.5 Å². The summed E-state index contributed by atoms with van der Waals surface area (Å²) in [5.74, 6) is -2.96. The molecule has 0 bridgehead atoms. The van der Waals surface area contributed by atoms with Crippen molar-refractivity contribution in [3.63, 3.8) is 0 Å². The Hall–Kier alpha value is -3.56. The standard InChI is InChI=1S/C18H16N2O8/c21-13-5-6-14(22)19(13)9-17(25)27-11-1-2-12(4-3-11)28-18(26)10-20-15(23)7-8-16(20)24/h1-4H,5-10H2. The summed E-state index contributed by atoms with van der Waals surface area (Å²) in [7, 11) is 0. The van der Waals surface area contributed by atoms with Crippen molar-refractivity contribution in [1.82, 2.24) is 9.80 Å². The molecule has 0 atom stereocenters. The quantitative estimate of drug-likeness (QED) is 0.372. The highest BCUT2D eigenvalue weighted by Gasteiger charge is 2.32. The molecule has 0 unspecified atom stereocenters. The molecule has 146 valence electrons. The van der Waals surface area contributed by atoms with Gasteiger partial charge >= 0.3 is 11.9 Å². The lowest BCUT2D eigenvalue weighted by Gasteiger charge is -2.13. The number of hydrogen-bond acceptors (Lipinski definition) is 8. The van der Waals surface area contributed by atoms with Crippen molar-refractivity contribution in [3.05, 3.63) is 24.3 Å². The Morgan fingerprint density at radius 3 is 1.21 bits per heavy atom. The second kappa shape index (κ2) is 7.99. The largest absolute Gasteiger partial charge is 0.425 e. The van der Waals surface area contributed by atoms with Gasteiger partial charge in [0.15, 0.2) is 0 Å². The van der Waals surface area contributed by atoms with E-state index < -0.39 is 48.7 Å². The van der Waals surface area contributed by atoms with Gasteiger partial charge in [0.25, 0.3) is 0 Å². The summed E-state index contributed by atoms with van der Waals surface area (Å²) in [6.07, 6.45) is 0.337. The molecule has 2 heterocycles. The predicted molar refractivity (Wildman–Crippen MR) is 89.6 cm³/mol. The van der Waals surface area contributed by atoms with E-state index in [4.69, 9.17) is 9.47 Å². The van der Waals surface area contributed by atoms with E-state index in [0.717, 1.165) is 9.80 Å². The van der Waals surface area contributed by atoms with Crippen LogP contribution in [0.5, 0.6) is 11.5 Å². The summed E-state index contributed by atoms with van der Waals surface area (Å²) < 4.78 is 10.1. The topological polar surface area (TPSA) is 127 Å². The summed E-state index contributed by atoms with van der Waals surface area (Å²) in [6.45, 7) is -0.932. The molecular weight excluding hydrogens is 372 g/mol. The van der Waals surface area contributed by atoms with Gasteiger partial charge < -0.3 is 9.47 Å². The number of imide groups is 2. The average Bonchev–Trinajstić information content (AvgIpc) is 3.13. The summed E-state index contributed by atoms with van der Waals surface area (Å²) in [6, 6.07) is 5.45. The number of rotatable bonds is 6. The molecule has 10 nitrogen and oxygen atoms in total. The van der Waals surface area contributed by atoms with Crippen LogP contribution < -0.4 is 9.47 Å². The van der Waals surface area contributed by atoms with E-state index in [-0.39, 0.29) is 37.2 Å². The van der Waals surface area contributed by atoms with Crippen molar-refractivity contribution in [2.75, 3.05) is 13.1 Å². The lowest BCUT2D eigenvalue weighted by Crippen LogP contribution is -2.36. The smallest absolute Gasteiger partial charge is 0.331 e. The van der Waals surface area contributed by atoms with E-state index in [0.29, 0.717) is 0 Å². The normalized spacial score (nSPS) is 16.7. The molecule has 0 aliphatic carbocycles. The van der Waals surface area contributed by atoms with E-state index in [9.17, 15) is 28.8 Å². The fraction of sp³-hybridized carbons (Fsp3) is 0.333. The molecule has 4 amide bonds. The van der Waals surface area contributed by atoms with Gasteiger partial charge in [-0.3, -0.25) is 29.0 Å². The molecule has 1 aromatic carbocycles. The molecule has 10 heteroatoms. The van der Waals surface area contributed by atoms with Crippen LogP contribution in [0.3, 0.4) is 0 Å². The van der Waals surface area contributed by atoms with Crippen LogP contribution in [0.2, 0.25) is 0 Å². The third-order valence-electron chi connectivity index (χ3n) is 4.17. The van der Waals surface area contributed by atoms with Crippen molar-refractivity contribution in [1.29, 1.82) is 0 Å². The third-order valence-corrected chi connectivity index (χ3v) is 4.17. The first-order chi connectivity index (χ1) is 13.3. The summed E-state index contributed by atoms with van der Waals surface area (Å²) in [5, 5.41) is 0. The fourth-order valence-electron chi connectivity index (χ4n) is 2.76. The molecule has 0 radical (unpaired) electrons. The molecule has 0 N–H and O–H groups in total. The van der Waals surface area contributed by atoms with E-state index >= 15 is 0 Å². The van der Waals surface area contributed by atoms with Gasteiger partial charge in [-0.05, 0) is 24.3 Å². The van der Waals surface area contributed by atoms with Crippen molar-refractivity contribution < 1.29 is 38.2 Å². The zero-order valence-corrected chi connectivity index (χ0v) is 14.7. The number of carbonyl (C=O) groups excluding carboxylic acids is 6. The number of likely N-dealkylation sites (tertiary alicyclic amines) is 2. The molecule has 2 aliphatic heterocycles. The Morgan fingerprint density at radius 1 is 0.643 bits per heavy atom. The van der Waals surface area contributed by atoms with Crippen LogP contribution >= 0.6 is 0 Å². The molecule has 2 aliphatic rings. The minimum absolute atomic E-state index is 0.0841. The number of ether oxygens (including phenoxy) is 2. The Kier molecular flexibility index (Phi) is 5.48. The van der Waals surface area contributed by atoms with Crippen LogP contribution in [0.25, 0.3) is 0 Å². The molecule has 2 saturated heterocycles. The van der Waals surface area contributed by atoms with Crippen LogP contribution in [0.4, 0.5) is 0 Å².